The van der Waals surface area contributed by atoms with Crippen LogP contribution in [0.3, 0.4) is 0 Å². The molecule has 0 spiro atoms. The first-order valence-corrected chi connectivity index (χ1v) is 5.41. The quantitative estimate of drug-likeness (QED) is 0.661. The number of fused-ring (bicyclic) bond motifs is 1. The van der Waals surface area contributed by atoms with Crippen LogP contribution in [0.5, 0.6) is 0 Å². The van der Waals surface area contributed by atoms with E-state index in [2.05, 4.69) is 39.1 Å². The molecule has 1 heterocycles. The summed E-state index contributed by atoms with van der Waals surface area (Å²) in [6, 6.07) is 2.95. The van der Waals surface area contributed by atoms with E-state index in [-0.39, 0.29) is 0 Å². The molecule has 1 N–H and O–H groups in total. The van der Waals surface area contributed by atoms with Crippen LogP contribution < -0.4 is 5.32 Å². The van der Waals surface area contributed by atoms with E-state index in [9.17, 15) is 0 Å². The topological polar surface area (TPSA) is 12.0 Å². The zero-order valence-electron chi connectivity index (χ0n) is 9.57. The summed E-state index contributed by atoms with van der Waals surface area (Å²) < 4.78 is 0. The second-order valence-corrected chi connectivity index (χ2v) is 4.58. The highest BCUT2D eigenvalue weighted by Crippen LogP contribution is 2.26. The van der Waals surface area contributed by atoms with Crippen molar-refractivity contribution in [3.8, 4) is 0 Å². The van der Waals surface area contributed by atoms with E-state index in [4.69, 9.17) is 0 Å². The van der Waals surface area contributed by atoms with Gasteiger partial charge in [-0.15, -0.1) is 0 Å². The van der Waals surface area contributed by atoms with Crippen molar-refractivity contribution >= 4 is 0 Å². The number of rotatable bonds is 0. The number of aryl methyl sites for hydroxylation is 2. The lowest BCUT2D eigenvalue weighted by molar-refractivity contribution is 0.510. The van der Waals surface area contributed by atoms with Crippen molar-refractivity contribution in [2.45, 2.75) is 46.7 Å². The Balaban J connectivity index is 2.57. The van der Waals surface area contributed by atoms with Gasteiger partial charge in [0.15, 0.2) is 0 Å². The summed E-state index contributed by atoms with van der Waals surface area (Å²) in [5, 5.41) is 3.53. The van der Waals surface area contributed by atoms with Crippen LogP contribution in [0.25, 0.3) is 0 Å². The minimum absolute atomic E-state index is 0.628. The van der Waals surface area contributed by atoms with Crippen LogP contribution in [-0.4, -0.2) is 6.04 Å². The Kier molecular flexibility index (Phi) is 2.36. The minimum Gasteiger partial charge on any atom is -0.310 e. The van der Waals surface area contributed by atoms with Gasteiger partial charge in [-0.25, -0.2) is 0 Å². The molecule has 14 heavy (non-hydrogen) atoms. The molecule has 0 amide bonds. The van der Waals surface area contributed by atoms with Gasteiger partial charge < -0.3 is 5.32 Å². The zero-order valence-corrected chi connectivity index (χ0v) is 9.57. The molecule has 0 saturated heterocycles. The molecule has 1 aliphatic heterocycles. The second kappa shape index (κ2) is 3.39. The van der Waals surface area contributed by atoms with Gasteiger partial charge in [0.1, 0.15) is 0 Å². The molecule has 1 heteroatoms. The zero-order chi connectivity index (χ0) is 10.3. The molecule has 0 radical (unpaired) electrons. The van der Waals surface area contributed by atoms with Gasteiger partial charge in [-0.05, 0) is 61.9 Å². The Morgan fingerprint density at radius 1 is 1.14 bits per heavy atom. The summed E-state index contributed by atoms with van der Waals surface area (Å²) in [6.07, 6.45) is 1.18. The van der Waals surface area contributed by atoms with Gasteiger partial charge in [0.05, 0.1) is 0 Å². The molecule has 76 valence electrons. The maximum atomic E-state index is 3.53. The number of benzene rings is 1. The Labute approximate surface area is 86.5 Å². The molecule has 1 aromatic carbocycles. The van der Waals surface area contributed by atoms with Gasteiger partial charge in [-0.1, -0.05) is 6.07 Å². The molecule has 0 aliphatic carbocycles. The summed E-state index contributed by atoms with van der Waals surface area (Å²) in [6.45, 7) is 10.00. The molecule has 1 aromatic rings. The molecule has 1 aliphatic rings. The smallest absolute Gasteiger partial charge is 0.0213 e. The van der Waals surface area contributed by atoms with Crippen LogP contribution in [0.4, 0.5) is 0 Å². The summed E-state index contributed by atoms with van der Waals surface area (Å²) in [5.41, 5.74) is 7.50. The first-order valence-electron chi connectivity index (χ1n) is 5.41. The standard InChI is InChI=1S/C13H19N/c1-8-5-9(2)12-6-10(3)14-7-13(12)11(8)4/h5,10,14H,6-7H2,1-4H3. The molecule has 0 bridgehead atoms. The molecule has 1 atom stereocenters. The summed E-state index contributed by atoms with van der Waals surface area (Å²) in [4.78, 5) is 0. The minimum atomic E-state index is 0.628. The SMILES string of the molecule is Cc1cc(C)c2c(c1C)CNC(C)C2. The molecular weight excluding hydrogens is 170 g/mol. The van der Waals surface area contributed by atoms with Crippen molar-refractivity contribution in [2.24, 2.45) is 0 Å². The van der Waals surface area contributed by atoms with Crippen molar-refractivity contribution in [2.75, 3.05) is 0 Å². The third kappa shape index (κ3) is 1.46. The Morgan fingerprint density at radius 3 is 2.57 bits per heavy atom. The highest BCUT2D eigenvalue weighted by molar-refractivity contribution is 5.46. The number of hydrogen-bond donors (Lipinski definition) is 1. The molecular formula is C13H19N. The molecule has 0 saturated carbocycles. The number of hydrogen-bond acceptors (Lipinski definition) is 1. The Bertz CT molecular complexity index is 366. The molecule has 0 aromatic heterocycles. The first-order chi connectivity index (χ1) is 6.59. The van der Waals surface area contributed by atoms with E-state index >= 15 is 0 Å². The van der Waals surface area contributed by atoms with Crippen LogP contribution in [0.2, 0.25) is 0 Å². The maximum absolute atomic E-state index is 3.53. The highest BCUT2D eigenvalue weighted by atomic mass is 14.9. The van der Waals surface area contributed by atoms with Crippen LogP contribution in [0, 0.1) is 20.8 Å². The van der Waals surface area contributed by atoms with Crippen molar-refractivity contribution < 1.29 is 0 Å². The Morgan fingerprint density at radius 2 is 1.86 bits per heavy atom. The van der Waals surface area contributed by atoms with E-state index in [0.29, 0.717) is 6.04 Å². The predicted octanol–water partition coefficient (Wildman–Crippen LogP) is 2.65. The normalized spacial score (nSPS) is 20.7. The van der Waals surface area contributed by atoms with E-state index in [1.54, 1.807) is 11.1 Å². The highest BCUT2D eigenvalue weighted by Gasteiger charge is 2.18. The van der Waals surface area contributed by atoms with E-state index in [0.717, 1.165) is 6.54 Å². The van der Waals surface area contributed by atoms with Gasteiger partial charge >= 0.3 is 0 Å². The Hall–Kier alpha value is -0.820. The molecule has 1 nitrogen and oxygen atoms in total. The summed E-state index contributed by atoms with van der Waals surface area (Å²) in [7, 11) is 0. The average Bonchev–Trinajstić information content (AvgIpc) is 2.14. The van der Waals surface area contributed by atoms with Crippen molar-refractivity contribution in [1.29, 1.82) is 0 Å². The van der Waals surface area contributed by atoms with E-state index in [1.165, 1.54) is 23.1 Å². The predicted molar refractivity (Wildman–Crippen MR) is 60.7 cm³/mol. The van der Waals surface area contributed by atoms with Gasteiger partial charge in [0, 0.05) is 12.6 Å². The third-order valence-electron chi connectivity index (χ3n) is 3.46. The van der Waals surface area contributed by atoms with Crippen LogP contribution >= 0.6 is 0 Å². The van der Waals surface area contributed by atoms with Crippen LogP contribution in [0.15, 0.2) is 6.07 Å². The molecule has 2 rings (SSSR count). The fourth-order valence-electron chi connectivity index (χ4n) is 2.40. The average molecular weight is 189 g/mol. The van der Waals surface area contributed by atoms with Crippen LogP contribution in [-0.2, 0) is 13.0 Å². The molecule has 0 fully saturated rings. The monoisotopic (exact) mass is 189 g/mol. The lowest BCUT2D eigenvalue weighted by atomic mass is 9.87. The van der Waals surface area contributed by atoms with Crippen molar-refractivity contribution in [3.63, 3.8) is 0 Å². The second-order valence-electron chi connectivity index (χ2n) is 4.58. The third-order valence-corrected chi connectivity index (χ3v) is 3.46. The first kappa shape index (κ1) is 9.72. The summed E-state index contributed by atoms with van der Waals surface area (Å²) in [5.74, 6) is 0. The van der Waals surface area contributed by atoms with Crippen LogP contribution in [0.1, 0.15) is 34.7 Å². The lowest BCUT2D eigenvalue weighted by Crippen LogP contribution is -2.34. The van der Waals surface area contributed by atoms with E-state index < -0.39 is 0 Å². The van der Waals surface area contributed by atoms with Crippen molar-refractivity contribution in [3.05, 3.63) is 33.9 Å². The van der Waals surface area contributed by atoms with Crippen molar-refractivity contribution in [1.82, 2.24) is 5.32 Å². The lowest BCUT2D eigenvalue weighted by Gasteiger charge is -2.27. The fourth-order valence-corrected chi connectivity index (χ4v) is 2.40. The maximum Gasteiger partial charge on any atom is 0.0213 e. The fraction of sp³-hybridized carbons (Fsp3) is 0.538. The number of nitrogens with one attached hydrogen (secondary N) is 1. The largest absolute Gasteiger partial charge is 0.310 e. The van der Waals surface area contributed by atoms with Gasteiger partial charge in [-0.2, -0.15) is 0 Å². The van der Waals surface area contributed by atoms with Gasteiger partial charge in [0.25, 0.3) is 0 Å². The van der Waals surface area contributed by atoms with Gasteiger partial charge in [0.2, 0.25) is 0 Å². The summed E-state index contributed by atoms with van der Waals surface area (Å²) >= 11 is 0. The van der Waals surface area contributed by atoms with Gasteiger partial charge in [-0.3, -0.25) is 0 Å². The van der Waals surface area contributed by atoms with E-state index in [1.807, 2.05) is 0 Å². The molecule has 1 unspecified atom stereocenters.